The number of nitrogens with one attached hydrogen (secondary N) is 1. The van der Waals surface area contributed by atoms with Crippen LogP contribution >= 0.6 is 11.6 Å². The van der Waals surface area contributed by atoms with E-state index in [0.717, 1.165) is 53.1 Å². The molecule has 9 nitrogen and oxygen atoms in total. The van der Waals surface area contributed by atoms with Crippen molar-refractivity contribution in [2.45, 2.75) is 75.9 Å². The van der Waals surface area contributed by atoms with Crippen molar-refractivity contribution in [1.82, 2.24) is 10.2 Å². The predicted molar refractivity (Wildman–Crippen MR) is 201 cm³/mol. The summed E-state index contributed by atoms with van der Waals surface area (Å²) in [4.78, 5) is 30.6. The van der Waals surface area contributed by atoms with E-state index in [1.807, 2.05) is 56.3 Å². The molecule has 0 heterocycles. The van der Waals surface area contributed by atoms with Crippen LogP contribution in [0.2, 0.25) is 5.02 Å². The summed E-state index contributed by atoms with van der Waals surface area (Å²) < 4.78 is 41.1. The molecule has 0 bridgehead atoms. The van der Waals surface area contributed by atoms with Crippen LogP contribution in [0.4, 0.5) is 5.69 Å². The lowest BCUT2D eigenvalue weighted by atomic mass is 9.94. The molecule has 270 valence electrons. The smallest absolute Gasteiger partial charge is 0.264 e. The van der Waals surface area contributed by atoms with E-state index in [-0.39, 0.29) is 35.6 Å². The molecule has 11 heteroatoms. The molecule has 4 aromatic rings. The van der Waals surface area contributed by atoms with Gasteiger partial charge in [0.05, 0.1) is 24.8 Å². The third-order valence-corrected chi connectivity index (χ3v) is 11.2. The second-order valence-corrected chi connectivity index (χ2v) is 15.4. The Hall–Kier alpha value is -4.54. The summed E-state index contributed by atoms with van der Waals surface area (Å²) in [5.74, 6) is -0.221. The summed E-state index contributed by atoms with van der Waals surface area (Å²) in [5, 5.41) is 3.72. The van der Waals surface area contributed by atoms with Gasteiger partial charge in [-0.1, -0.05) is 79.4 Å². The van der Waals surface area contributed by atoms with Crippen molar-refractivity contribution in [2.24, 2.45) is 0 Å². The zero-order chi connectivity index (χ0) is 36.5. The highest BCUT2D eigenvalue weighted by atomic mass is 35.5. The Labute approximate surface area is 306 Å². The van der Waals surface area contributed by atoms with Gasteiger partial charge in [0.15, 0.2) is 11.5 Å². The SMILES string of the molecule is COc1ccc(S(=O)(=O)N(CC(=O)N(Cc2cccc(Cl)c2)[C@H](Cc2ccccc2)C(=O)NC2CCCCC2)c2cc(C)cc(C)c2)cc1OC. The first-order valence-corrected chi connectivity index (χ1v) is 19.0. The van der Waals surface area contributed by atoms with Crippen molar-refractivity contribution in [1.29, 1.82) is 0 Å². The second kappa shape index (κ2) is 17.1. The molecule has 1 N–H and O–H groups in total. The third kappa shape index (κ3) is 9.62. The van der Waals surface area contributed by atoms with Crippen molar-refractivity contribution in [2.75, 3.05) is 25.1 Å². The van der Waals surface area contributed by atoms with Crippen LogP contribution in [0.3, 0.4) is 0 Å². The molecule has 0 spiro atoms. The van der Waals surface area contributed by atoms with Crippen LogP contribution in [0.15, 0.2) is 95.9 Å². The minimum Gasteiger partial charge on any atom is -0.493 e. The van der Waals surface area contributed by atoms with Crippen molar-refractivity contribution in [3.05, 3.63) is 118 Å². The van der Waals surface area contributed by atoms with E-state index in [4.69, 9.17) is 21.1 Å². The van der Waals surface area contributed by atoms with Gasteiger partial charge in [0, 0.05) is 30.1 Å². The van der Waals surface area contributed by atoms with E-state index in [1.54, 1.807) is 30.3 Å². The lowest BCUT2D eigenvalue weighted by Gasteiger charge is -2.35. The van der Waals surface area contributed by atoms with Gasteiger partial charge < -0.3 is 19.7 Å². The Kier molecular flexibility index (Phi) is 12.7. The Morgan fingerprint density at radius 3 is 2.14 bits per heavy atom. The number of benzene rings is 4. The van der Waals surface area contributed by atoms with Crippen molar-refractivity contribution in [3.8, 4) is 11.5 Å². The molecule has 1 aliphatic rings. The Morgan fingerprint density at radius 1 is 0.824 bits per heavy atom. The molecule has 4 aromatic carbocycles. The van der Waals surface area contributed by atoms with Gasteiger partial charge in [0.1, 0.15) is 12.6 Å². The van der Waals surface area contributed by atoms with E-state index in [2.05, 4.69) is 5.32 Å². The second-order valence-electron chi connectivity index (χ2n) is 13.1. The number of amides is 2. The summed E-state index contributed by atoms with van der Waals surface area (Å²) in [6.07, 6.45) is 5.16. The first-order chi connectivity index (χ1) is 24.5. The number of carbonyl (C=O) groups is 2. The fourth-order valence-electron chi connectivity index (χ4n) is 6.66. The van der Waals surface area contributed by atoms with E-state index >= 15 is 0 Å². The molecule has 1 aliphatic carbocycles. The highest BCUT2D eigenvalue weighted by molar-refractivity contribution is 7.92. The Balaban J connectivity index is 1.60. The number of hydrogen-bond donors (Lipinski definition) is 1. The molecule has 1 atom stereocenters. The molecule has 0 unspecified atom stereocenters. The van der Waals surface area contributed by atoms with Crippen LogP contribution < -0.4 is 19.1 Å². The van der Waals surface area contributed by atoms with E-state index in [0.29, 0.717) is 22.0 Å². The topological polar surface area (TPSA) is 105 Å². The molecule has 1 saturated carbocycles. The summed E-state index contributed by atoms with van der Waals surface area (Å²) >= 11 is 6.39. The van der Waals surface area contributed by atoms with Crippen molar-refractivity contribution < 1.29 is 27.5 Å². The van der Waals surface area contributed by atoms with Gasteiger partial charge in [0.25, 0.3) is 10.0 Å². The molecule has 2 amide bonds. The van der Waals surface area contributed by atoms with Gasteiger partial charge in [-0.05, 0) is 85.3 Å². The fraction of sp³-hybridized carbons (Fsp3) is 0.350. The van der Waals surface area contributed by atoms with Crippen LogP contribution in [0, 0.1) is 13.8 Å². The summed E-state index contributed by atoms with van der Waals surface area (Å²) in [5.41, 5.74) is 3.56. The predicted octanol–water partition coefficient (Wildman–Crippen LogP) is 7.26. The van der Waals surface area contributed by atoms with Crippen LogP contribution in [-0.4, -0.2) is 58.0 Å². The zero-order valence-corrected chi connectivity index (χ0v) is 31.2. The summed E-state index contributed by atoms with van der Waals surface area (Å²) in [6.45, 7) is 3.21. The number of rotatable bonds is 14. The number of ether oxygens (including phenoxy) is 2. The molecule has 0 radical (unpaired) electrons. The molecular weight excluding hydrogens is 686 g/mol. The number of methoxy groups -OCH3 is 2. The minimum atomic E-state index is -4.35. The van der Waals surface area contributed by atoms with Crippen LogP contribution in [0.5, 0.6) is 11.5 Å². The maximum atomic E-state index is 14.9. The normalized spacial score (nSPS) is 14.0. The van der Waals surface area contributed by atoms with Crippen molar-refractivity contribution in [3.63, 3.8) is 0 Å². The molecule has 5 rings (SSSR count). The average molecular weight is 732 g/mol. The van der Waals surface area contributed by atoms with Crippen molar-refractivity contribution >= 4 is 39.1 Å². The summed E-state index contributed by atoms with van der Waals surface area (Å²) in [6, 6.07) is 25.5. The maximum Gasteiger partial charge on any atom is 0.264 e. The van der Waals surface area contributed by atoms with Gasteiger partial charge >= 0.3 is 0 Å². The first-order valence-electron chi connectivity index (χ1n) is 17.2. The number of hydrogen-bond acceptors (Lipinski definition) is 6. The monoisotopic (exact) mass is 731 g/mol. The van der Waals surface area contributed by atoms with E-state index < -0.39 is 28.5 Å². The number of halogens is 1. The van der Waals surface area contributed by atoms with Crippen LogP contribution in [0.1, 0.15) is 54.4 Å². The third-order valence-electron chi connectivity index (χ3n) is 9.18. The maximum absolute atomic E-state index is 14.9. The molecule has 0 saturated heterocycles. The molecule has 0 aliphatic heterocycles. The number of nitrogens with zero attached hydrogens (tertiary/aromatic N) is 2. The molecule has 51 heavy (non-hydrogen) atoms. The Bertz CT molecular complexity index is 1910. The van der Waals surface area contributed by atoms with E-state index in [1.165, 1.54) is 37.3 Å². The minimum absolute atomic E-state index is 0.00448. The van der Waals surface area contributed by atoms with Gasteiger partial charge in [-0.3, -0.25) is 13.9 Å². The number of carbonyl (C=O) groups excluding carboxylic acids is 2. The lowest BCUT2D eigenvalue weighted by molar-refractivity contribution is -0.140. The highest BCUT2D eigenvalue weighted by Crippen LogP contribution is 2.33. The quantitative estimate of drug-likeness (QED) is 0.147. The largest absolute Gasteiger partial charge is 0.493 e. The van der Waals surface area contributed by atoms with Gasteiger partial charge in [-0.2, -0.15) is 0 Å². The average Bonchev–Trinajstić information content (AvgIpc) is 3.12. The first kappa shape index (κ1) is 37.7. The van der Waals surface area contributed by atoms with Crippen LogP contribution in [-0.2, 0) is 32.6 Å². The van der Waals surface area contributed by atoms with Crippen LogP contribution in [0.25, 0.3) is 0 Å². The molecular formula is C40H46ClN3O6S. The number of anilines is 1. The van der Waals surface area contributed by atoms with E-state index in [9.17, 15) is 18.0 Å². The standard InChI is InChI=1S/C40H46ClN3O6S/c1-28-20-29(2)22-34(21-28)44(51(47,48)35-18-19-37(49-3)38(25-35)50-4)27-39(45)43(26-31-14-11-15-32(41)23-31)36(24-30-12-7-5-8-13-30)40(46)42-33-16-9-6-10-17-33/h5,7-8,11-15,18-23,25,33,36H,6,9-10,16-17,24,26-27H2,1-4H3,(H,42,46)/t36-/m1/s1. The Morgan fingerprint density at radius 2 is 1.49 bits per heavy atom. The number of aryl methyl sites for hydroxylation is 2. The number of sulfonamides is 1. The van der Waals surface area contributed by atoms with Gasteiger partial charge in [-0.25, -0.2) is 8.42 Å². The zero-order valence-electron chi connectivity index (χ0n) is 29.6. The van der Waals surface area contributed by atoms with Gasteiger partial charge in [0.2, 0.25) is 11.8 Å². The molecule has 0 aromatic heterocycles. The summed E-state index contributed by atoms with van der Waals surface area (Å²) in [7, 11) is -1.45. The lowest BCUT2D eigenvalue weighted by Crippen LogP contribution is -2.55. The fourth-order valence-corrected chi connectivity index (χ4v) is 8.28. The highest BCUT2D eigenvalue weighted by Gasteiger charge is 2.36. The van der Waals surface area contributed by atoms with Gasteiger partial charge in [-0.15, -0.1) is 0 Å². The molecule has 1 fully saturated rings.